The molecule has 0 saturated carbocycles. The summed E-state index contributed by atoms with van der Waals surface area (Å²) in [7, 11) is 0. The van der Waals surface area contributed by atoms with Gasteiger partial charge in [0, 0.05) is 12.3 Å². The molecule has 0 amide bonds. The van der Waals surface area contributed by atoms with Crippen molar-refractivity contribution in [2.45, 2.75) is 6.10 Å². The number of halogens is 1. The van der Waals surface area contributed by atoms with E-state index in [1.54, 1.807) is 0 Å². The minimum absolute atomic E-state index is 0.377. The number of rotatable bonds is 3. The monoisotopic (exact) mass is 178 g/mol. The van der Waals surface area contributed by atoms with E-state index in [-0.39, 0.29) is 0 Å². The maximum atomic E-state index is 11.7. The van der Waals surface area contributed by atoms with Crippen LogP contribution < -0.4 is 5.32 Å². The van der Waals surface area contributed by atoms with Crippen molar-refractivity contribution in [3.05, 3.63) is 0 Å². The largest absolute Gasteiger partial charge is 0.390 e. The van der Waals surface area contributed by atoms with Crippen LogP contribution in [0.2, 0.25) is 0 Å². The van der Waals surface area contributed by atoms with Crippen LogP contribution in [0.5, 0.6) is 0 Å². The first-order valence-electron chi connectivity index (χ1n) is 3.48. The fourth-order valence-electron chi connectivity index (χ4n) is 0.693. The predicted octanol–water partition coefficient (Wildman–Crippen LogP) is 0.00920. The Bertz CT molecular complexity index is 154. The minimum atomic E-state index is -0.856. The van der Waals surface area contributed by atoms with Crippen LogP contribution in [-0.4, -0.2) is 41.9 Å². The Morgan fingerprint density at radius 1 is 1.82 bits per heavy atom. The van der Waals surface area contributed by atoms with Crippen LogP contribution in [0.4, 0.5) is 4.39 Å². The van der Waals surface area contributed by atoms with Crippen molar-refractivity contribution in [2.24, 2.45) is 4.99 Å². The highest BCUT2D eigenvalue weighted by molar-refractivity contribution is 8.13. The van der Waals surface area contributed by atoms with E-state index in [0.717, 1.165) is 18.3 Å². The lowest BCUT2D eigenvalue weighted by molar-refractivity contribution is 0.162. The molecule has 3 nitrogen and oxygen atoms in total. The van der Waals surface area contributed by atoms with E-state index >= 15 is 0 Å². The van der Waals surface area contributed by atoms with E-state index < -0.39 is 12.8 Å². The highest BCUT2D eigenvalue weighted by Crippen LogP contribution is 2.07. The molecule has 1 aliphatic heterocycles. The first-order chi connectivity index (χ1) is 5.33. The maximum absolute atomic E-state index is 11.7. The molecule has 0 aliphatic carbocycles. The number of hydrogen-bond acceptors (Lipinski definition) is 4. The predicted molar refractivity (Wildman–Crippen MR) is 44.7 cm³/mol. The smallest absolute Gasteiger partial charge is 0.156 e. The van der Waals surface area contributed by atoms with Gasteiger partial charge in [-0.1, -0.05) is 11.8 Å². The lowest BCUT2D eigenvalue weighted by Gasteiger charge is -2.04. The molecule has 0 aromatic carbocycles. The van der Waals surface area contributed by atoms with Gasteiger partial charge in [-0.2, -0.15) is 0 Å². The summed E-state index contributed by atoms with van der Waals surface area (Å²) in [6.45, 7) is 0.961. The van der Waals surface area contributed by atoms with E-state index in [4.69, 9.17) is 5.11 Å². The van der Waals surface area contributed by atoms with Gasteiger partial charge in [-0.05, 0) is 0 Å². The quantitative estimate of drug-likeness (QED) is 0.640. The van der Waals surface area contributed by atoms with Crippen molar-refractivity contribution in [2.75, 3.05) is 25.5 Å². The van der Waals surface area contributed by atoms with Crippen molar-refractivity contribution in [1.29, 1.82) is 0 Å². The molecule has 0 bridgehead atoms. The molecule has 1 heterocycles. The number of thioether (sulfide) groups is 1. The summed E-state index contributed by atoms with van der Waals surface area (Å²) in [5, 5.41) is 12.7. The number of aliphatic hydroxyl groups excluding tert-OH is 1. The Kier molecular flexibility index (Phi) is 3.65. The number of nitrogens with zero attached hydrogens (tertiary/aromatic N) is 1. The van der Waals surface area contributed by atoms with Crippen molar-refractivity contribution in [3.8, 4) is 0 Å². The summed E-state index contributed by atoms with van der Waals surface area (Å²) in [5.41, 5.74) is 0. The highest BCUT2D eigenvalue weighted by atomic mass is 32.2. The van der Waals surface area contributed by atoms with E-state index in [9.17, 15) is 4.39 Å². The molecule has 0 aromatic heterocycles. The van der Waals surface area contributed by atoms with Gasteiger partial charge >= 0.3 is 0 Å². The summed E-state index contributed by atoms with van der Waals surface area (Å²) < 4.78 is 11.7. The molecule has 1 aliphatic rings. The number of amidine groups is 1. The number of aliphatic imine (C=N–C) groups is 1. The third-order valence-corrected chi connectivity index (χ3v) is 2.33. The molecular formula is C6H11FN2OS. The lowest BCUT2D eigenvalue weighted by atomic mass is 10.5. The molecule has 64 valence electrons. The van der Waals surface area contributed by atoms with Gasteiger partial charge in [-0.15, -0.1) is 0 Å². The topological polar surface area (TPSA) is 44.6 Å². The summed E-state index contributed by atoms with van der Waals surface area (Å²) in [6.07, 6.45) is -0.856. The average molecular weight is 178 g/mol. The van der Waals surface area contributed by atoms with Crippen molar-refractivity contribution in [3.63, 3.8) is 0 Å². The van der Waals surface area contributed by atoms with Crippen LogP contribution in [0.1, 0.15) is 0 Å². The SMILES string of the molecule is OC(CF)CSC1=NCCN1. The first kappa shape index (κ1) is 8.80. The zero-order valence-electron chi connectivity index (χ0n) is 6.09. The van der Waals surface area contributed by atoms with Crippen molar-refractivity contribution < 1.29 is 9.50 Å². The van der Waals surface area contributed by atoms with Gasteiger partial charge in [0.15, 0.2) is 5.17 Å². The normalized spacial score (nSPS) is 19.3. The molecule has 0 saturated heterocycles. The molecule has 1 atom stereocenters. The van der Waals surface area contributed by atoms with E-state index in [0.29, 0.717) is 5.75 Å². The first-order valence-corrected chi connectivity index (χ1v) is 4.46. The van der Waals surface area contributed by atoms with Crippen LogP contribution in [0, 0.1) is 0 Å². The number of aliphatic hydroxyl groups is 1. The average Bonchev–Trinajstić information content (AvgIpc) is 2.52. The second-order valence-electron chi connectivity index (χ2n) is 2.23. The summed E-state index contributed by atoms with van der Waals surface area (Å²) in [6, 6.07) is 0. The van der Waals surface area contributed by atoms with Crippen molar-refractivity contribution >= 4 is 16.9 Å². The molecule has 11 heavy (non-hydrogen) atoms. The van der Waals surface area contributed by atoms with Crippen LogP contribution in [-0.2, 0) is 0 Å². The highest BCUT2D eigenvalue weighted by Gasteiger charge is 2.08. The van der Waals surface area contributed by atoms with Crippen LogP contribution in [0.15, 0.2) is 4.99 Å². The van der Waals surface area contributed by atoms with Crippen LogP contribution in [0.3, 0.4) is 0 Å². The Labute approximate surface area is 69.1 Å². The van der Waals surface area contributed by atoms with Crippen molar-refractivity contribution in [1.82, 2.24) is 5.32 Å². The molecular weight excluding hydrogens is 167 g/mol. The van der Waals surface area contributed by atoms with Gasteiger partial charge < -0.3 is 10.4 Å². The zero-order chi connectivity index (χ0) is 8.10. The minimum Gasteiger partial charge on any atom is -0.390 e. The maximum Gasteiger partial charge on any atom is 0.156 e. The second-order valence-corrected chi connectivity index (χ2v) is 3.24. The third kappa shape index (κ3) is 3.07. The summed E-state index contributed by atoms with van der Waals surface area (Å²) in [4.78, 5) is 4.08. The molecule has 0 aromatic rings. The van der Waals surface area contributed by atoms with Gasteiger partial charge in [-0.3, -0.25) is 4.99 Å². The lowest BCUT2D eigenvalue weighted by Crippen LogP contribution is -2.19. The second kappa shape index (κ2) is 4.56. The molecule has 0 radical (unpaired) electrons. The number of alkyl halides is 1. The van der Waals surface area contributed by atoms with E-state index in [2.05, 4.69) is 10.3 Å². The van der Waals surface area contributed by atoms with Crippen LogP contribution >= 0.6 is 11.8 Å². The molecule has 2 N–H and O–H groups in total. The van der Waals surface area contributed by atoms with E-state index in [1.165, 1.54) is 11.8 Å². The Balaban J connectivity index is 2.11. The molecule has 0 fully saturated rings. The summed E-state index contributed by atoms with van der Waals surface area (Å²) >= 11 is 1.37. The number of nitrogens with one attached hydrogen (secondary N) is 1. The van der Waals surface area contributed by atoms with Gasteiger partial charge in [0.05, 0.1) is 12.6 Å². The van der Waals surface area contributed by atoms with Gasteiger partial charge in [-0.25, -0.2) is 4.39 Å². The third-order valence-electron chi connectivity index (χ3n) is 1.23. The summed E-state index contributed by atoms with van der Waals surface area (Å²) in [5.74, 6) is 0.377. The Morgan fingerprint density at radius 3 is 3.18 bits per heavy atom. The van der Waals surface area contributed by atoms with Gasteiger partial charge in [0.2, 0.25) is 0 Å². The molecule has 5 heteroatoms. The zero-order valence-corrected chi connectivity index (χ0v) is 6.90. The molecule has 1 unspecified atom stereocenters. The number of hydrogen-bond donors (Lipinski definition) is 2. The fourth-order valence-corrected chi connectivity index (χ4v) is 1.52. The molecule has 1 rings (SSSR count). The Hall–Kier alpha value is -0.290. The fraction of sp³-hybridized carbons (Fsp3) is 0.833. The van der Waals surface area contributed by atoms with Crippen LogP contribution in [0.25, 0.3) is 0 Å². The molecule has 0 spiro atoms. The van der Waals surface area contributed by atoms with Gasteiger partial charge in [0.25, 0.3) is 0 Å². The Morgan fingerprint density at radius 2 is 2.64 bits per heavy atom. The van der Waals surface area contributed by atoms with E-state index in [1.807, 2.05) is 0 Å². The van der Waals surface area contributed by atoms with Gasteiger partial charge in [0.1, 0.15) is 6.67 Å². The standard InChI is InChI=1S/C6H11FN2OS/c7-3-5(10)4-11-6-8-1-2-9-6/h5,10H,1-4H2,(H,8,9).